The van der Waals surface area contributed by atoms with Gasteiger partial charge in [0.1, 0.15) is 23.4 Å². The van der Waals surface area contributed by atoms with E-state index in [1.54, 1.807) is 32.9 Å². The van der Waals surface area contributed by atoms with Crippen LogP contribution < -0.4 is 10.6 Å². The molecule has 0 heterocycles. The number of carbonyl (C=O) groups is 3. The van der Waals surface area contributed by atoms with Gasteiger partial charge in [-0.15, -0.1) is 0 Å². The lowest BCUT2D eigenvalue weighted by Crippen LogP contribution is -2.52. The first kappa shape index (κ1) is 26.3. The van der Waals surface area contributed by atoms with Gasteiger partial charge >= 0.3 is 6.09 Å². The van der Waals surface area contributed by atoms with Crippen molar-refractivity contribution in [3.05, 3.63) is 29.8 Å². The SMILES string of the molecule is CC(C)CC(NC(=O)OC(C)(C)C)C(=O)N(C)C(C(=O)NC(C)C)c1ccc(O)cc1. The minimum atomic E-state index is -0.925. The second-order valence-corrected chi connectivity index (χ2v) is 9.43. The van der Waals surface area contributed by atoms with E-state index >= 15 is 0 Å². The number of likely N-dealkylation sites (N-methyl/N-ethyl adjacent to an activating group) is 1. The fraction of sp³-hybridized carbons (Fsp3) is 0.609. The quantitative estimate of drug-likeness (QED) is 0.580. The van der Waals surface area contributed by atoms with Gasteiger partial charge in [0.15, 0.2) is 0 Å². The Labute approximate surface area is 185 Å². The number of carbonyl (C=O) groups excluding carboxylic acids is 3. The number of alkyl carbamates (subject to hydrolysis) is 1. The molecule has 3 amide bonds. The fourth-order valence-electron chi connectivity index (χ4n) is 3.09. The summed E-state index contributed by atoms with van der Waals surface area (Å²) in [5.74, 6) is -0.576. The molecule has 0 aliphatic rings. The molecule has 1 rings (SSSR count). The highest BCUT2D eigenvalue weighted by Gasteiger charge is 2.34. The predicted octanol–water partition coefficient (Wildman–Crippen LogP) is 3.36. The van der Waals surface area contributed by atoms with Gasteiger partial charge in [-0.05, 0) is 64.7 Å². The summed E-state index contributed by atoms with van der Waals surface area (Å²) < 4.78 is 5.31. The van der Waals surface area contributed by atoms with Gasteiger partial charge in [-0.25, -0.2) is 4.79 Å². The third kappa shape index (κ3) is 8.86. The number of ether oxygens (including phenoxy) is 1. The van der Waals surface area contributed by atoms with Crippen LogP contribution in [0.3, 0.4) is 0 Å². The van der Waals surface area contributed by atoms with Crippen molar-refractivity contribution >= 4 is 17.9 Å². The molecular weight excluding hydrogens is 398 g/mol. The summed E-state index contributed by atoms with van der Waals surface area (Å²) in [6.07, 6.45) is -0.302. The molecule has 0 aliphatic carbocycles. The van der Waals surface area contributed by atoms with Crippen LogP contribution in [0.5, 0.6) is 5.75 Å². The van der Waals surface area contributed by atoms with Crippen molar-refractivity contribution in [1.29, 1.82) is 0 Å². The monoisotopic (exact) mass is 435 g/mol. The molecule has 0 saturated heterocycles. The number of aromatic hydroxyl groups is 1. The van der Waals surface area contributed by atoms with Crippen LogP contribution in [0.1, 0.15) is 66.5 Å². The molecule has 0 aromatic heterocycles. The Hall–Kier alpha value is -2.77. The second-order valence-electron chi connectivity index (χ2n) is 9.43. The molecule has 0 bridgehead atoms. The van der Waals surface area contributed by atoms with Crippen LogP contribution in [0.15, 0.2) is 24.3 Å². The molecular formula is C23H37N3O5. The Morgan fingerprint density at radius 2 is 1.58 bits per heavy atom. The second kappa shape index (κ2) is 11.0. The van der Waals surface area contributed by atoms with E-state index in [0.717, 1.165) is 0 Å². The number of phenols is 1. The first-order chi connectivity index (χ1) is 14.2. The minimum Gasteiger partial charge on any atom is -0.508 e. The lowest BCUT2D eigenvalue weighted by atomic mass is 9.99. The number of amides is 3. The summed E-state index contributed by atoms with van der Waals surface area (Å²) in [7, 11) is 1.53. The van der Waals surface area contributed by atoms with E-state index in [0.29, 0.717) is 12.0 Å². The smallest absolute Gasteiger partial charge is 0.408 e. The van der Waals surface area contributed by atoms with E-state index < -0.39 is 29.7 Å². The zero-order chi connectivity index (χ0) is 23.9. The Balaban J connectivity index is 3.21. The summed E-state index contributed by atoms with van der Waals surface area (Å²) in [6.45, 7) is 12.8. The van der Waals surface area contributed by atoms with Crippen LogP contribution in [0.25, 0.3) is 0 Å². The van der Waals surface area contributed by atoms with E-state index in [-0.39, 0.29) is 23.6 Å². The van der Waals surface area contributed by atoms with Gasteiger partial charge in [0.25, 0.3) is 0 Å². The van der Waals surface area contributed by atoms with Crippen molar-refractivity contribution in [2.45, 2.75) is 78.6 Å². The van der Waals surface area contributed by atoms with Crippen LogP contribution in [0.4, 0.5) is 4.79 Å². The van der Waals surface area contributed by atoms with Crippen molar-refractivity contribution in [3.8, 4) is 5.75 Å². The van der Waals surface area contributed by atoms with Crippen LogP contribution in [-0.2, 0) is 14.3 Å². The Bertz CT molecular complexity index is 753. The number of nitrogens with zero attached hydrogens (tertiary/aromatic N) is 1. The average molecular weight is 436 g/mol. The van der Waals surface area contributed by atoms with Gasteiger partial charge in [-0.3, -0.25) is 9.59 Å². The average Bonchev–Trinajstić information content (AvgIpc) is 2.59. The molecule has 0 saturated carbocycles. The summed E-state index contributed by atoms with van der Waals surface area (Å²) >= 11 is 0. The Morgan fingerprint density at radius 3 is 2.03 bits per heavy atom. The third-order valence-electron chi connectivity index (χ3n) is 4.32. The highest BCUT2D eigenvalue weighted by Crippen LogP contribution is 2.24. The largest absolute Gasteiger partial charge is 0.508 e. The number of benzene rings is 1. The maximum absolute atomic E-state index is 13.4. The topological polar surface area (TPSA) is 108 Å². The number of rotatable bonds is 8. The summed E-state index contributed by atoms with van der Waals surface area (Å²) in [6, 6.07) is 4.23. The molecule has 1 aromatic rings. The molecule has 3 N–H and O–H groups in total. The van der Waals surface area contributed by atoms with Crippen molar-refractivity contribution in [1.82, 2.24) is 15.5 Å². The predicted molar refractivity (Wildman–Crippen MR) is 120 cm³/mol. The van der Waals surface area contributed by atoms with Gasteiger partial charge in [0.05, 0.1) is 0 Å². The summed E-state index contributed by atoms with van der Waals surface area (Å²) in [5, 5.41) is 15.1. The molecule has 0 aliphatic heterocycles. The molecule has 2 atom stereocenters. The Kier molecular flexibility index (Phi) is 9.34. The molecule has 0 spiro atoms. The number of nitrogens with one attached hydrogen (secondary N) is 2. The zero-order valence-corrected chi connectivity index (χ0v) is 19.9. The molecule has 174 valence electrons. The van der Waals surface area contributed by atoms with Crippen molar-refractivity contribution in [3.63, 3.8) is 0 Å². The van der Waals surface area contributed by atoms with Gasteiger partial charge < -0.3 is 25.4 Å². The lowest BCUT2D eigenvalue weighted by molar-refractivity contribution is -0.141. The van der Waals surface area contributed by atoms with Crippen LogP contribution in [-0.4, -0.2) is 52.6 Å². The van der Waals surface area contributed by atoms with Crippen LogP contribution in [0.2, 0.25) is 0 Å². The zero-order valence-electron chi connectivity index (χ0n) is 19.9. The molecule has 0 radical (unpaired) electrons. The van der Waals surface area contributed by atoms with Gasteiger partial charge in [0.2, 0.25) is 11.8 Å². The van der Waals surface area contributed by atoms with E-state index in [1.165, 1.54) is 24.1 Å². The van der Waals surface area contributed by atoms with Gasteiger partial charge in [0, 0.05) is 13.1 Å². The number of hydrogen-bond donors (Lipinski definition) is 3. The van der Waals surface area contributed by atoms with E-state index in [4.69, 9.17) is 4.74 Å². The normalized spacial score (nSPS) is 13.5. The molecule has 1 aromatic carbocycles. The van der Waals surface area contributed by atoms with Gasteiger partial charge in [-0.2, -0.15) is 0 Å². The molecule has 8 nitrogen and oxygen atoms in total. The number of hydrogen-bond acceptors (Lipinski definition) is 5. The van der Waals surface area contributed by atoms with Crippen molar-refractivity contribution < 1.29 is 24.2 Å². The molecule has 0 fully saturated rings. The van der Waals surface area contributed by atoms with Crippen LogP contribution >= 0.6 is 0 Å². The first-order valence-electron chi connectivity index (χ1n) is 10.6. The number of phenolic OH excluding ortho intramolecular Hbond substituents is 1. The Morgan fingerprint density at radius 1 is 1.03 bits per heavy atom. The third-order valence-corrected chi connectivity index (χ3v) is 4.32. The van der Waals surface area contributed by atoms with E-state index in [9.17, 15) is 19.5 Å². The van der Waals surface area contributed by atoms with E-state index in [1.807, 2.05) is 27.7 Å². The summed E-state index contributed by atoms with van der Waals surface area (Å²) in [4.78, 5) is 40.0. The summed E-state index contributed by atoms with van der Waals surface area (Å²) in [5.41, 5.74) is -0.153. The lowest BCUT2D eigenvalue weighted by Gasteiger charge is -2.32. The molecule has 8 heteroatoms. The first-order valence-corrected chi connectivity index (χ1v) is 10.6. The standard InChI is InChI=1S/C23H37N3O5/c1-14(2)13-18(25-22(30)31-23(5,6)7)21(29)26(8)19(20(28)24-15(3)4)16-9-11-17(27)12-10-16/h9-12,14-15,18-19,27H,13H2,1-8H3,(H,24,28)(H,25,30). The fourth-order valence-corrected chi connectivity index (χ4v) is 3.09. The van der Waals surface area contributed by atoms with Crippen molar-refractivity contribution in [2.75, 3.05) is 7.05 Å². The van der Waals surface area contributed by atoms with E-state index in [2.05, 4.69) is 10.6 Å². The van der Waals surface area contributed by atoms with Gasteiger partial charge in [-0.1, -0.05) is 26.0 Å². The highest BCUT2D eigenvalue weighted by atomic mass is 16.6. The maximum Gasteiger partial charge on any atom is 0.408 e. The van der Waals surface area contributed by atoms with Crippen LogP contribution in [0, 0.1) is 5.92 Å². The minimum absolute atomic E-state index is 0.0602. The molecule has 2 unspecified atom stereocenters. The highest BCUT2D eigenvalue weighted by molar-refractivity contribution is 5.92. The maximum atomic E-state index is 13.4. The van der Waals surface area contributed by atoms with Crippen molar-refractivity contribution in [2.24, 2.45) is 5.92 Å². The molecule has 31 heavy (non-hydrogen) atoms.